The van der Waals surface area contributed by atoms with Gasteiger partial charge in [-0.3, -0.25) is 9.69 Å². The van der Waals surface area contributed by atoms with E-state index in [0.717, 1.165) is 44.1 Å². The summed E-state index contributed by atoms with van der Waals surface area (Å²) < 4.78 is 29.1. The van der Waals surface area contributed by atoms with Crippen LogP contribution in [0.4, 0.5) is 0 Å². The fourth-order valence-electron chi connectivity index (χ4n) is 4.40. The molecule has 178 valence electrons. The second kappa shape index (κ2) is 10.3. The highest BCUT2D eigenvalue weighted by Crippen LogP contribution is 2.23. The number of sulfonamides is 1. The molecular weight excluding hydrogens is 426 g/mol. The standard InChI is InChI=1S/C23H37N5O3S/c1-6-28(7-2)32(30,31)19-8-9-21-20(16-19)24-22(25(21)5)10-11-23(29)27-14-12-26(13-15-27)17-18(3)4/h8-9,16,18H,6-7,10-15,17H2,1-5H3. The number of benzene rings is 1. The van der Waals surface area contributed by atoms with Crippen LogP contribution in [0.1, 0.15) is 39.9 Å². The zero-order chi connectivity index (χ0) is 23.5. The monoisotopic (exact) mass is 463 g/mol. The summed E-state index contributed by atoms with van der Waals surface area (Å²) in [5.41, 5.74) is 1.51. The minimum atomic E-state index is -3.53. The number of aromatic nitrogens is 2. The zero-order valence-electron chi connectivity index (χ0n) is 20.0. The largest absolute Gasteiger partial charge is 0.340 e. The normalized spacial score (nSPS) is 15.9. The van der Waals surface area contributed by atoms with E-state index in [2.05, 4.69) is 23.7 Å². The SMILES string of the molecule is CCN(CC)S(=O)(=O)c1ccc2c(c1)nc(CCC(=O)N1CCN(CC(C)C)CC1)n2C. The molecule has 3 rings (SSSR count). The lowest BCUT2D eigenvalue weighted by molar-refractivity contribution is -0.133. The molecule has 0 atom stereocenters. The lowest BCUT2D eigenvalue weighted by atomic mass is 10.2. The van der Waals surface area contributed by atoms with Crippen LogP contribution in [0.15, 0.2) is 23.1 Å². The van der Waals surface area contributed by atoms with Crippen molar-refractivity contribution in [3.05, 3.63) is 24.0 Å². The number of nitrogens with zero attached hydrogens (tertiary/aromatic N) is 5. The molecule has 8 nitrogen and oxygen atoms in total. The Morgan fingerprint density at radius 3 is 2.38 bits per heavy atom. The Labute approximate surface area is 192 Å². The Hall–Kier alpha value is -1.97. The second-order valence-corrected chi connectivity index (χ2v) is 10.8. The van der Waals surface area contributed by atoms with Crippen LogP contribution >= 0.6 is 0 Å². The van der Waals surface area contributed by atoms with Crippen LogP contribution in [0.2, 0.25) is 0 Å². The predicted molar refractivity (Wildman–Crippen MR) is 127 cm³/mol. The van der Waals surface area contributed by atoms with Crippen molar-refractivity contribution < 1.29 is 13.2 Å². The van der Waals surface area contributed by atoms with Crippen molar-refractivity contribution in [2.75, 3.05) is 45.8 Å². The number of imidazole rings is 1. The van der Waals surface area contributed by atoms with Crippen molar-refractivity contribution >= 4 is 27.0 Å². The van der Waals surface area contributed by atoms with Crippen molar-refractivity contribution in [2.24, 2.45) is 13.0 Å². The van der Waals surface area contributed by atoms with Gasteiger partial charge in [0, 0.05) is 65.7 Å². The summed E-state index contributed by atoms with van der Waals surface area (Å²) in [5.74, 6) is 1.59. The maximum absolute atomic E-state index is 12.8. The number of hydrogen-bond acceptors (Lipinski definition) is 5. The predicted octanol–water partition coefficient (Wildman–Crippen LogP) is 2.34. The van der Waals surface area contributed by atoms with Crippen LogP contribution in [0.3, 0.4) is 0 Å². The molecule has 2 heterocycles. The maximum atomic E-state index is 12.8. The van der Waals surface area contributed by atoms with E-state index in [1.165, 1.54) is 4.31 Å². The molecule has 0 N–H and O–H groups in total. The summed E-state index contributed by atoms with van der Waals surface area (Å²) in [4.78, 5) is 22.0. The highest BCUT2D eigenvalue weighted by Gasteiger charge is 2.24. The summed E-state index contributed by atoms with van der Waals surface area (Å²) in [5, 5.41) is 0. The van der Waals surface area contributed by atoms with E-state index in [0.29, 0.717) is 37.4 Å². The molecule has 1 fully saturated rings. The molecule has 0 radical (unpaired) electrons. The zero-order valence-corrected chi connectivity index (χ0v) is 20.9. The van der Waals surface area contributed by atoms with Crippen LogP contribution in [0.25, 0.3) is 11.0 Å². The van der Waals surface area contributed by atoms with Gasteiger partial charge in [0.2, 0.25) is 15.9 Å². The van der Waals surface area contributed by atoms with Gasteiger partial charge in [-0.1, -0.05) is 27.7 Å². The lowest BCUT2D eigenvalue weighted by Gasteiger charge is -2.35. The van der Waals surface area contributed by atoms with Crippen molar-refractivity contribution in [2.45, 2.75) is 45.4 Å². The summed E-state index contributed by atoms with van der Waals surface area (Å²) in [6.45, 7) is 13.5. The quantitative estimate of drug-likeness (QED) is 0.570. The first-order valence-corrected chi connectivity index (χ1v) is 13.1. The molecule has 0 unspecified atom stereocenters. The van der Waals surface area contributed by atoms with E-state index in [4.69, 9.17) is 0 Å². The number of hydrogen-bond donors (Lipinski definition) is 0. The molecule has 1 amide bonds. The minimum absolute atomic E-state index is 0.158. The Bertz CT molecular complexity index is 1040. The van der Waals surface area contributed by atoms with Gasteiger partial charge in [-0.15, -0.1) is 0 Å². The van der Waals surface area contributed by atoms with Gasteiger partial charge in [0.05, 0.1) is 15.9 Å². The fraction of sp³-hybridized carbons (Fsp3) is 0.652. The molecule has 32 heavy (non-hydrogen) atoms. The minimum Gasteiger partial charge on any atom is -0.340 e. The lowest BCUT2D eigenvalue weighted by Crippen LogP contribution is -2.49. The maximum Gasteiger partial charge on any atom is 0.243 e. The van der Waals surface area contributed by atoms with E-state index >= 15 is 0 Å². The molecule has 0 saturated carbocycles. The van der Waals surface area contributed by atoms with Crippen molar-refractivity contribution in [1.29, 1.82) is 0 Å². The summed E-state index contributed by atoms with van der Waals surface area (Å²) in [6, 6.07) is 5.09. The number of fused-ring (bicyclic) bond motifs is 1. The van der Waals surface area contributed by atoms with Gasteiger partial charge in [-0.05, 0) is 24.1 Å². The van der Waals surface area contributed by atoms with Crippen LogP contribution < -0.4 is 0 Å². The van der Waals surface area contributed by atoms with Crippen LogP contribution in [0, 0.1) is 5.92 Å². The second-order valence-electron chi connectivity index (χ2n) is 8.90. The highest BCUT2D eigenvalue weighted by molar-refractivity contribution is 7.89. The Morgan fingerprint density at radius 1 is 1.12 bits per heavy atom. The van der Waals surface area contributed by atoms with Crippen molar-refractivity contribution in [1.82, 2.24) is 23.7 Å². The first-order valence-electron chi connectivity index (χ1n) is 11.6. The Balaban J connectivity index is 1.67. The van der Waals surface area contributed by atoms with Gasteiger partial charge < -0.3 is 9.47 Å². The number of carbonyl (C=O) groups excluding carboxylic acids is 1. The number of amides is 1. The molecular formula is C23H37N5O3S. The summed E-state index contributed by atoms with van der Waals surface area (Å²) in [6.07, 6.45) is 0.945. The molecule has 9 heteroatoms. The topological polar surface area (TPSA) is 78.8 Å². The molecule has 0 bridgehead atoms. The average Bonchev–Trinajstić information content (AvgIpc) is 3.08. The van der Waals surface area contributed by atoms with Crippen LogP contribution in [-0.4, -0.2) is 83.8 Å². The molecule has 1 aliphatic heterocycles. The van der Waals surface area contributed by atoms with Gasteiger partial charge in [0.1, 0.15) is 5.82 Å². The highest BCUT2D eigenvalue weighted by atomic mass is 32.2. The summed E-state index contributed by atoms with van der Waals surface area (Å²) >= 11 is 0. The van der Waals surface area contributed by atoms with Gasteiger partial charge in [0.25, 0.3) is 0 Å². The number of piperazine rings is 1. The number of rotatable bonds is 9. The summed E-state index contributed by atoms with van der Waals surface area (Å²) in [7, 11) is -1.61. The molecule has 1 aromatic carbocycles. The average molecular weight is 464 g/mol. The molecule has 1 aliphatic rings. The van der Waals surface area contributed by atoms with Crippen molar-refractivity contribution in [3.8, 4) is 0 Å². The Morgan fingerprint density at radius 2 is 1.78 bits per heavy atom. The third kappa shape index (κ3) is 5.32. The fourth-order valence-corrected chi connectivity index (χ4v) is 5.88. The molecule has 2 aromatic rings. The number of carbonyl (C=O) groups is 1. The smallest absolute Gasteiger partial charge is 0.243 e. The third-order valence-corrected chi connectivity index (χ3v) is 8.24. The van der Waals surface area contributed by atoms with E-state index in [1.807, 2.05) is 30.4 Å². The Kier molecular flexibility index (Phi) is 7.95. The third-order valence-electron chi connectivity index (χ3n) is 6.20. The van der Waals surface area contributed by atoms with Gasteiger partial charge in [-0.2, -0.15) is 4.31 Å². The molecule has 0 spiro atoms. The van der Waals surface area contributed by atoms with Crippen LogP contribution in [-0.2, 0) is 28.3 Å². The first kappa shape index (κ1) is 24.7. The van der Waals surface area contributed by atoms with Gasteiger partial charge >= 0.3 is 0 Å². The molecule has 1 saturated heterocycles. The van der Waals surface area contributed by atoms with Gasteiger partial charge in [0.15, 0.2) is 0 Å². The van der Waals surface area contributed by atoms with E-state index in [-0.39, 0.29) is 10.8 Å². The molecule has 0 aliphatic carbocycles. The van der Waals surface area contributed by atoms with Gasteiger partial charge in [-0.25, -0.2) is 13.4 Å². The van der Waals surface area contributed by atoms with E-state index in [9.17, 15) is 13.2 Å². The molecule has 1 aromatic heterocycles. The van der Waals surface area contributed by atoms with E-state index in [1.54, 1.807) is 18.2 Å². The van der Waals surface area contributed by atoms with Crippen molar-refractivity contribution in [3.63, 3.8) is 0 Å². The number of aryl methyl sites for hydroxylation is 2. The van der Waals surface area contributed by atoms with E-state index < -0.39 is 10.0 Å². The first-order chi connectivity index (χ1) is 15.2. The van der Waals surface area contributed by atoms with Crippen LogP contribution in [0.5, 0.6) is 0 Å².